The van der Waals surface area contributed by atoms with Crippen molar-refractivity contribution in [1.82, 2.24) is 20.4 Å². The van der Waals surface area contributed by atoms with E-state index in [2.05, 4.69) is 41.8 Å². The summed E-state index contributed by atoms with van der Waals surface area (Å²) in [6.45, 7) is 5.03. The topological polar surface area (TPSA) is 59.0 Å². The monoisotopic (exact) mass is 402 g/mol. The zero-order valence-corrected chi connectivity index (χ0v) is 17.5. The van der Waals surface area contributed by atoms with Crippen LogP contribution in [0.15, 0.2) is 24.3 Å². The Morgan fingerprint density at radius 1 is 1.21 bits per heavy atom. The van der Waals surface area contributed by atoms with E-state index in [1.54, 1.807) is 0 Å². The van der Waals surface area contributed by atoms with Crippen LogP contribution in [0, 0.1) is 12.8 Å². The van der Waals surface area contributed by atoms with Crippen LogP contribution in [-0.2, 0) is 12.8 Å². The van der Waals surface area contributed by atoms with Gasteiger partial charge in [0.2, 0.25) is 0 Å². The summed E-state index contributed by atoms with van der Waals surface area (Å²) in [5, 5.41) is 11.3. The first kappa shape index (κ1) is 20.9. The second-order valence-electron chi connectivity index (χ2n) is 7.99. The summed E-state index contributed by atoms with van der Waals surface area (Å²) in [5.41, 5.74) is 5.28. The van der Waals surface area contributed by atoms with Gasteiger partial charge in [-0.05, 0) is 83.0 Å². The highest BCUT2D eigenvalue weighted by Crippen LogP contribution is 2.27. The maximum atomic E-state index is 12.9. The molecule has 1 aromatic heterocycles. The molecule has 1 saturated heterocycles. The molecule has 0 spiro atoms. The molecule has 2 heterocycles. The summed E-state index contributed by atoms with van der Waals surface area (Å²) in [4.78, 5) is 12.9. The Kier molecular flexibility index (Phi) is 7.13. The molecule has 4 rings (SSSR count). The van der Waals surface area contributed by atoms with Crippen LogP contribution in [0.5, 0.6) is 0 Å². The Balaban J connectivity index is 0.00000225. The van der Waals surface area contributed by atoms with Crippen LogP contribution in [0.1, 0.15) is 59.4 Å². The number of fused-ring (bicyclic) bond motifs is 1. The molecule has 1 aliphatic carbocycles. The number of benzene rings is 1. The quantitative estimate of drug-likeness (QED) is 0.803. The molecule has 1 amide bonds. The minimum Gasteiger partial charge on any atom is -0.351 e. The van der Waals surface area contributed by atoms with Gasteiger partial charge in [0.25, 0.3) is 5.91 Å². The van der Waals surface area contributed by atoms with Crippen molar-refractivity contribution in [2.24, 2.45) is 5.92 Å². The first-order chi connectivity index (χ1) is 13.2. The van der Waals surface area contributed by atoms with Crippen molar-refractivity contribution in [2.75, 3.05) is 19.6 Å². The van der Waals surface area contributed by atoms with Gasteiger partial charge in [0, 0.05) is 17.8 Å². The fourth-order valence-electron chi connectivity index (χ4n) is 4.32. The molecule has 2 aromatic rings. The molecular weight excluding hydrogens is 372 g/mol. The van der Waals surface area contributed by atoms with Crippen molar-refractivity contribution < 1.29 is 4.79 Å². The number of halogens is 1. The maximum absolute atomic E-state index is 12.9. The van der Waals surface area contributed by atoms with E-state index in [-0.39, 0.29) is 18.3 Å². The van der Waals surface area contributed by atoms with Crippen LogP contribution in [-0.4, -0.2) is 35.3 Å². The lowest BCUT2D eigenvalue weighted by molar-refractivity contribution is 0.0944. The van der Waals surface area contributed by atoms with Crippen LogP contribution in [0.2, 0.25) is 0 Å². The predicted octanol–water partition coefficient (Wildman–Crippen LogP) is 3.60. The van der Waals surface area contributed by atoms with Crippen molar-refractivity contribution in [3.63, 3.8) is 0 Å². The Hall–Kier alpha value is -1.85. The number of nitrogens with zero attached hydrogens (tertiary/aromatic N) is 2. The van der Waals surface area contributed by atoms with Gasteiger partial charge in [0.05, 0.1) is 5.69 Å². The minimum atomic E-state index is -0.0113. The van der Waals surface area contributed by atoms with Crippen molar-refractivity contribution in [2.45, 2.75) is 51.9 Å². The molecule has 1 unspecified atom stereocenters. The normalized spacial score (nSPS) is 18.8. The summed E-state index contributed by atoms with van der Waals surface area (Å²) in [5.74, 6) is 0.667. The van der Waals surface area contributed by atoms with E-state index in [1.165, 1.54) is 30.5 Å². The standard InChI is InChI=1S/C22H30N4O.ClH/c1-16-8-10-18(11-9-16)26-20-7-3-2-6-19(20)21(25-26)22(27)24-14-12-17-5-4-13-23-15-17;/h8-11,17,23H,2-7,12-15H2,1H3,(H,24,27);1H. The number of hydrogen-bond acceptors (Lipinski definition) is 3. The van der Waals surface area contributed by atoms with Gasteiger partial charge in [-0.3, -0.25) is 4.79 Å². The Morgan fingerprint density at radius 2 is 2.00 bits per heavy atom. The van der Waals surface area contributed by atoms with E-state index in [0.717, 1.165) is 56.6 Å². The number of carbonyl (C=O) groups is 1. The number of aromatic nitrogens is 2. The molecule has 1 aliphatic heterocycles. The fraction of sp³-hybridized carbons (Fsp3) is 0.545. The molecule has 1 atom stereocenters. The Labute approximate surface area is 173 Å². The number of aryl methyl sites for hydroxylation is 1. The molecule has 5 nitrogen and oxygen atoms in total. The second-order valence-corrected chi connectivity index (χ2v) is 7.99. The molecule has 1 fully saturated rings. The fourth-order valence-corrected chi connectivity index (χ4v) is 4.32. The van der Waals surface area contributed by atoms with E-state index in [9.17, 15) is 4.79 Å². The summed E-state index contributed by atoms with van der Waals surface area (Å²) in [7, 11) is 0. The highest BCUT2D eigenvalue weighted by Gasteiger charge is 2.25. The minimum absolute atomic E-state index is 0. The summed E-state index contributed by atoms with van der Waals surface area (Å²) in [6.07, 6.45) is 7.81. The third-order valence-corrected chi connectivity index (χ3v) is 5.91. The number of hydrogen-bond donors (Lipinski definition) is 2. The van der Waals surface area contributed by atoms with Gasteiger partial charge >= 0.3 is 0 Å². The second kappa shape index (κ2) is 9.57. The van der Waals surface area contributed by atoms with Crippen molar-refractivity contribution >= 4 is 18.3 Å². The summed E-state index contributed by atoms with van der Waals surface area (Å²) in [6, 6.07) is 8.39. The van der Waals surface area contributed by atoms with Crippen LogP contribution in [0.4, 0.5) is 0 Å². The lowest BCUT2D eigenvalue weighted by Crippen LogP contribution is -2.33. The molecule has 0 radical (unpaired) electrons. The zero-order chi connectivity index (χ0) is 18.6. The summed E-state index contributed by atoms with van der Waals surface area (Å²) >= 11 is 0. The van der Waals surface area contributed by atoms with Crippen molar-refractivity contribution in [3.8, 4) is 5.69 Å². The first-order valence-electron chi connectivity index (χ1n) is 10.4. The van der Waals surface area contributed by atoms with Gasteiger partial charge in [0.15, 0.2) is 5.69 Å². The number of rotatable bonds is 5. The van der Waals surface area contributed by atoms with Crippen LogP contribution in [0.3, 0.4) is 0 Å². The van der Waals surface area contributed by atoms with E-state index >= 15 is 0 Å². The molecule has 2 N–H and O–H groups in total. The highest BCUT2D eigenvalue weighted by atomic mass is 35.5. The van der Waals surface area contributed by atoms with E-state index in [4.69, 9.17) is 5.10 Å². The molecule has 152 valence electrons. The van der Waals surface area contributed by atoms with Gasteiger partial charge in [-0.2, -0.15) is 5.10 Å². The van der Waals surface area contributed by atoms with Gasteiger partial charge in [-0.25, -0.2) is 4.68 Å². The van der Waals surface area contributed by atoms with Crippen LogP contribution < -0.4 is 10.6 Å². The van der Waals surface area contributed by atoms with Crippen molar-refractivity contribution in [3.05, 3.63) is 46.8 Å². The molecule has 0 bridgehead atoms. The molecule has 0 saturated carbocycles. The average molecular weight is 403 g/mol. The molecule has 2 aliphatic rings. The molecule has 28 heavy (non-hydrogen) atoms. The van der Waals surface area contributed by atoms with Gasteiger partial charge < -0.3 is 10.6 Å². The van der Waals surface area contributed by atoms with E-state index < -0.39 is 0 Å². The first-order valence-corrected chi connectivity index (χ1v) is 10.4. The predicted molar refractivity (Wildman–Crippen MR) is 115 cm³/mol. The Bertz CT molecular complexity index is 794. The summed E-state index contributed by atoms with van der Waals surface area (Å²) < 4.78 is 1.99. The molecule has 6 heteroatoms. The van der Waals surface area contributed by atoms with Crippen LogP contribution >= 0.6 is 12.4 Å². The zero-order valence-electron chi connectivity index (χ0n) is 16.7. The molecular formula is C22H31ClN4O. The van der Waals surface area contributed by atoms with E-state index in [1.807, 2.05) is 4.68 Å². The third-order valence-electron chi connectivity index (χ3n) is 5.91. The molecule has 1 aromatic carbocycles. The Morgan fingerprint density at radius 3 is 2.75 bits per heavy atom. The average Bonchev–Trinajstić information content (AvgIpc) is 3.09. The van der Waals surface area contributed by atoms with Gasteiger partial charge in [-0.1, -0.05) is 17.7 Å². The van der Waals surface area contributed by atoms with Crippen LogP contribution in [0.25, 0.3) is 5.69 Å². The number of amides is 1. The SMILES string of the molecule is Cc1ccc(-n2nc(C(=O)NCCC3CCCNC3)c3c2CCCC3)cc1.Cl. The highest BCUT2D eigenvalue weighted by molar-refractivity contribution is 5.94. The number of piperidine rings is 1. The van der Waals surface area contributed by atoms with Gasteiger partial charge in [0.1, 0.15) is 0 Å². The number of carbonyl (C=O) groups excluding carboxylic acids is 1. The lowest BCUT2D eigenvalue weighted by atomic mass is 9.95. The lowest BCUT2D eigenvalue weighted by Gasteiger charge is -2.22. The van der Waals surface area contributed by atoms with Crippen molar-refractivity contribution in [1.29, 1.82) is 0 Å². The smallest absolute Gasteiger partial charge is 0.272 e. The number of nitrogens with one attached hydrogen (secondary N) is 2. The van der Waals surface area contributed by atoms with Gasteiger partial charge in [-0.15, -0.1) is 12.4 Å². The largest absolute Gasteiger partial charge is 0.351 e. The third kappa shape index (κ3) is 4.58. The van der Waals surface area contributed by atoms with E-state index in [0.29, 0.717) is 11.6 Å². The maximum Gasteiger partial charge on any atom is 0.272 e.